The molecular weight excluding hydrogens is 345 g/mol. The summed E-state index contributed by atoms with van der Waals surface area (Å²) in [5.41, 5.74) is 5.84. The van der Waals surface area contributed by atoms with E-state index < -0.39 is 17.9 Å². The highest BCUT2D eigenvalue weighted by molar-refractivity contribution is 7.10. The number of primary amides is 1. The van der Waals surface area contributed by atoms with Gasteiger partial charge < -0.3 is 20.7 Å². The third-order valence-electron chi connectivity index (χ3n) is 3.64. The van der Waals surface area contributed by atoms with E-state index in [0.29, 0.717) is 5.56 Å². The number of urea groups is 1. The molecule has 0 aliphatic rings. The van der Waals surface area contributed by atoms with E-state index >= 15 is 0 Å². The second-order valence-corrected chi connectivity index (χ2v) is 6.48. The summed E-state index contributed by atoms with van der Waals surface area (Å²) in [5, 5.41) is 4.44. The van der Waals surface area contributed by atoms with Crippen LogP contribution in [0.1, 0.15) is 22.9 Å². The lowest BCUT2D eigenvalue weighted by atomic mass is 10.1. The number of nitrogens with two attached hydrogens (primary N) is 1. The molecule has 1 aromatic heterocycles. The molecule has 0 spiro atoms. The fourth-order valence-corrected chi connectivity index (χ4v) is 3.16. The average Bonchev–Trinajstić information content (AvgIpc) is 3.08. The number of nitrogens with one attached hydrogen (secondary N) is 1. The Bertz CT molecular complexity index is 737. The summed E-state index contributed by atoms with van der Waals surface area (Å²) in [6, 6.07) is 7.05. The number of carbonyl (C=O) groups is 2. The number of amides is 3. The largest absolute Gasteiger partial charge is 0.494 e. The smallest absolute Gasteiger partial charge is 0.312 e. The molecule has 1 atom stereocenters. The second-order valence-electron chi connectivity index (χ2n) is 5.50. The Hall–Kier alpha value is -2.61. The number of hydrogen-bond acceptors (Lipinski definition) is 4. The van der Waals surface area contributed by atoms with Crippen LogP contribution >= 0.6 is 11.3 Å². The molecule has 0 saturated carbocycles. The number of hydrogen-bond donors (Lipinski definition) is 2. The second kappa shape index (κ2) is 8.48. The number of thiophene rings is 1. The van der Waals surface area contributed by atoms with Gasteiger partial charge in [-0.1, -0.05) is 12.1 Å². The predicted octanol–water partition coefficient (Wildman–Crippen LogP) is 2.65. The number of benzene rings is 1. The van der Waals surface area contributed by atoms with E-state index in [1.807, 2.05) is 17.5 Å². The zero-order valence-electron chi connectivity index (χ0n) is 14.0. The lowest BCUT2D eigenvalue weighted by Gasteiger charge is -2.21. The van der Waals surface area contributed by atoms with Crippen molar-refractivity contribution in [1.29, 1.82) is 0 Å². The van der Waals surface area contributed by atoms with E-state index in [-0.39, 0.29) is 24.6 Å². The molecule has 3 amide bonds. The van der Waals surface area contributed by atoms with Gasteiger partial charge in [-0.05, 0) is 29.1 Å². The van der Waals surface area contributed by atoms with Crippen LogP contribution in [0.5, 0.6) is 5.75 Å². The van der Waals surface area contributed by atoms with Crippen LogP contribution in [0.25, 0.3) is 0 Å². The van der Waals surface area contributed by atoms with Gasteiger partial charge in [0.2, 0.25) is 5.91 Å². The van der Waals surface area contributed by atoms with Crippen molar-refractivity contribution in [2.45, 2.75) is 19.0 Å². The van der Waals surface area contributed by atoms with Crippen LogP contribution in [0, 0.1) is 5.82 Å². The van der Waals surface area contributed by atoms with Gasteiger partial charge in [-0.25, -0.2) is 9.18 Å². The first-order chi connectivity index (χ1) is 11.9. The third kappa shape index (κ3) is 5.18. The summed E-state index contributed by atoms with van der Waals surface area (Å²) in [4.78, 5) is 26.0. The van der Waals surface area contributed by atoms with Gasteiger partial charge >= 0.3 is 6.03 Å². The molecular formula is C17H20FN3O3S. The Morgan fingerprint density at radius 1 is 1.40 bits per heavy atom. The summed E-state index contributed by atoms with van der Waals surface area (Å²) in [6.45, 7) is 0.244. The molecule has 2 rings (SSSR count). The van der Waals surface area contributed by atoms with Gasteiger partial charge in [-0.2, -0.15) is 0 Å². The van der Waals surface area contributed by atoms with Gasteiger partial charge in [-0.15, -0.1) is 11.3 Å². The van der Waals surface area contributed by atoms with Gasteiger partial charge in [0.05, 0.1) is 19.6 Å². The van der Waals surface area contributed by atoms with E-state index in [0.717, 1.165) is 4.88 Å². The lowest BCUT2D eigenvalue weighted by molar-refractivity contribution is -0.130. The van der Waals surface area contributed by atoms with Crippen LogP contribution in [-0.4, -0.2) is 31.0 Å². The monoisotopic (exact) mass is 365 g/mol. The lowest BCUT2D eigenvalue weighted by Crippen LogP contribution is -2.36. The first-order valence-corrected chi connectivity index (χ1v) is 8.44. The SMILES string of the molecule is COc1ccc(CN(C)C(=O)CC(NC(N)=O)c2cccs2)cc1F. The van der Waals surface area contributed by atoms with Crippen LogP contribution < -0.4 is 15.8 Å². The van der Waals surface area contributed by atoms with Gasteiger partial charge in [0, 0.05) is 18.5 Å². The van der Waals surface area contributed by atoms with Crippen molar-refractivity contribution < 1.29 is 18.7 Å². The van der Waals surface area contributed by atoms with E-state index in [2.05, 4.69) is 5.32 Å². The number of nitrogens with zero attached hydrogens (tertiary/aromatic N) is 1. The average molecular weight is 365 g/mol. The van der Waals surface area contributed by atoms with Crippen LogP contribution in [0.15, 0.2) is 35.7 Å². The fraction of sp³-hybridized carbons (Fsp3) is 0.294. The van der Waals surface area contributed by atoms with Crippen molar-refractivity contribution in [1.82, 2.24) is 10.2 Å². The zero-order chi connectivity index (χ0) is 18.4. The molecule has 0 saturated heterocycles. The van der Waals surface area contributed by atoms with Gasteiger partial charge in [0.15, 0.2) is 11.6 Å². The first kappa shape index (κ1) is 18.7. The summed E-state index contributed by atoms with van der Waals surface area (Å²) in [7, 11) is 3.02. The molecule has 0 fully saturated rings. The van der Waals surface area contributed by atoms with Crippen LogP contribution in [0.2, 0.25) is 0 Å². The highest BCUT2D eigenvalue weighted by atomic mass is 32.1. The summed E-state index contributed by atoms with van der Waals surface area (Å²) < 4.78 is 18.6. The zero-order valence-corrected chi connectivity index (χ0v) is 14.8. The minimum absolute atomic E-state index is 0.0680. The molecule has 0 aliphatic carbocycles. The van der Waals surface area contributed by atoms with E-state index in [4.69, 9.17) is 10.5 Å². The Balaban J connectivity index is 2.03. The van der Waals surface area contributed by atoms with Crippen LogP contribution in [-0.2, 0) is 11.3 Å². The Morgan fingerprint density at radius 3 is 2.72 bits per heavy atom. The van der Waals surface area contributed by atoms with Crippen LogP contribution in [0.3, 0.4) is 0 Å². The first-order valence-electron chi connectivity index (χ1n) is 7.56. The quantitative estimate of drug-likeness (QED) is 0.791. The molecule has 6 nitrogen and oxygen atoms in total. The normalized spacial score (nSPS) is 11.6. The molecule has 3 N–H and O–H groups in total. The topological polar surface area (TPSA) is 84.7 Å². The summed E-state index contributed by atoms with van der Waals surface area (Å²) >= 11 is 1.43. The molecule has 25 heavy (non-hydrogen) atoms. The highest BCUT2D eigenvalue weighted by Crippen LogP contribution is 2.23. The molecule has 1 unspecified atom stereocenters. The standard InChI is InChI=1S/C17H20FN3O3S/c1-21(10-11-5-6-14(24-2)12(18)8-11)16(22)9-13(20-17(19)23)15-4-3-7-25-15/h3-8,13H,9-10H2,1-2H3,(H3,19,20,23). The molecule has 0 bridgehead atoms. The van der Waals surface area contributed by atoms with E-state index in [1.54, 1.807) is 13.1 Å². The molecule has 2 aromatic rings. The highest BCUT2D eigenvalue weighted by Gasteiger charge is 2.21. The molecule has 8 heteroatoms. The predicted molar refractivity (Wildman–Crippen MR) is 93.8 cm³/mol. The Labute approximate surface area is 149 Å². The Kier molecular flexibility index (Phi) is 6.35. The van der Waals surface area contributed by atoms with Crippen molar-refractivity contribution in [3.8, 4) is 5.75 Å². The van der Waals surface area contributed by atoms with E-state index in [1.165, 1.54) is 35.5 Å². The number of halogens is 1. The molecule has 0 radical (unpaired) electrons. The number of rotatable bonds is 7. The number of ether oxygens (including phenoxy) is 1. The van der Waals surface area contributed by atoms with Crippen molar-refractivity contribution in [3.63, 3.8) is 0 Å². The number of carbonyl (C=O) groups excluding carboxylic acids is 2. The summed E-state index contributed by atoms with van der Waals surface area (Å²) in [5.74, 6) is -0.516. The maximum absolute atomic E-state index is 13.8. The Morgan fingerprint density at radius 2 is 2.16 bits per heavy atom. The van der Waals surface area contributed by atoms with Crippen molar-refractivity contribution >= 4 is 23.3 Å². The maximum Gasteiger partial charge on any atom is 0.312 e. The van der Waals surface area contributed by atoms with Gasteiger partial charge in [-0.3, -0.25) is 4.79 Å². The maximum atomic E-state index is 13.8. The minimum Gasteiger partial charge on any atom is -0.494 e. The van der Waals surface area contributed by atoms with Crippen molar-refractivity contribution in [3.05, 3.63) is 52.0 Å². The van der Waals surface area contributed by atoms with Crippen LogP contribution in [0.4, 0.5) is 9.18 Å². The molecule has 1 heterocycles. The summed E-state index contributed by atoms with van der Waals surface area (Å²) in [6.07, 6.45) is 0.0680. The van der Waals surface area contributed by atoms with Crippen molar-refractivity contribution in [2.24, 2.45) is 5.73 Å². The number of methoxy groups -OCH3 is 1. The van der Waals surface area contributed by atoms with E-state index in [9.17, 15) is 14.0 Å². The van der Waals surface area contributed by atoms with Gasteiger partial charge in [0.25, 0.3) is 0 Å². The molecule has 0 aliphatic heterocycles. The van der Waals surface area contributed by atoms with Crippen molar-refractivity contribution in [2.75, 3.05) is 14.2 Å². The molecule has 1 aromatic carbocycles. The molecule has 134 valence electrons. The van der Waals surface area contributed by atoms with Gasteiger partial charge in [0.1, 0.15) is 0 Å². The minimum atomic E-state index is -0.689. The third-order valence-corrected chi connectivity index (χ3v) is 4.63. The fourth-order valence-electron chi connectivity index (χ4n) is 2.38.